The smallest absolute Gasteiger partial charge is 0.303 e. The number of hydrogen-bond donors (Lipinski definition) is 1. The average molecular weight is 249 g/mol. The lowest BCUT2D eigenvalue weighted by Crippen LogP contribution is -2.30. The van der Waals surface area contributed by atoms with E-state index in [1.807, 2.05) is 0 Å². The fourth-order valence-electron chi connectivity index (χ4n) is 1.16. The summed E-state index contributed by atoms with van der Waals surface area (Å²) in [6.07, 6.45) is 3.29. The fourth-order valence-corrected chi connectivity index (χ4v) is 2.39. The van der Waals surface area contributed by atoms with Gasteiger partial charge in [-0.15, -0.1) is 6.58 Å². The Bertz CT molecular complexity index is 324. The molecule has 0 fully saturated rings. The molecule has 0 unspecified atom stereocenters. The molecule has 0 rings (SSSR count). The number of unbranched alkanes of at least 4 members (excludes halogenated alkanes) is 1. The van der Waals surface area contributed by atoms with E-state index in [4.69, 9.17) is 5.11 Å². The van der Waals surface area contributed by atoms with Crippen molar-refractivity contribution in [1.29, 1.82) is 0 Å². The first-order chi connectivity index (χ1) is 7.40. The van der Waals surface area contributed by atoms with Crippen LogP contribution in [0.25, 0.3) is 0 Å². The number of aliphatic carboxylic acids is 1. The number of nitrogens with zero attached hydrogens (tertiary/aromatic N) is 1. The zero-order valence-electron chi connectivity index (χ0n) is 9.55. The molecule has 0 aliphatic rings. The number of sulfonamides is 1. The summed E-state index contributed by atoms with van der Waals surface area (Å²) in [7, 11) is -1.79. The van der Waals surface area contributed by atoms with Crippen molar-refractivity contribution in [1.82, 2.24) is 4.31 Å². The quantitative estimate of drug-likeness (QED) is 0.490. The fraction of sp³-hybridized carbons (Fsp3) is 0.700. The monoisotopic (exact) mass is 249 g/mol. The lowest BCUT2D eigenvalue weighted by molar-refractivity contribution is -0.137. The van der Waals surface area contributed by atoms with Gasteiger partial charge in [-0.2, -0.15) is 0 Å². The van der Waals surface area contributed by atoms with Gasteiger partial charge >= 0.3 is 5.97 Å². The van der Waals surface area contributed by atoms with Crippen molar-refractivity contribution in [2.24, 2.45) is 0 Å². The maximum absolute atomic E-state index is 11.6. The average Bonchev–Trinajstić information content (AvgIpc) is 2.17. The summed E-state index contributed by atoms with van der Waals surface area (Å²) < 4.78 is 24.5. The molecule has 0 amide bonds. The van der Waals surface area contributed by atoms with Gasteiger partial charge in [0.2, 0.25) is 10.0 Å². The standard InChI is InChI=1S/C10H19NO4S/c1-3-4-5-8-11(2)16(14,15)9-6-7-10(12)13/h3H,1,4-9H2,2H3,(H,12,13). The minimum atomic E-state index is -3.30. The Hall–Kier alpha value is -0.880. The molecule has 94 valence electrons. The molecule has 6 heteroatoms. The highest BCUT2D eigenvalue weighted by Crippen LogP contribution is 2.04. The molecule has 0 saturated carbocycles. The topological polar surface area (TPSA) is 74.7 Å². The molecule has 0 aromatic rings. The van der Waals surface area contributed by atoms with Gasteiger partial charge in [-0.25, -0.2) is 12.7 Å². The predicted octanol–water partition coefficient (Wildman–Crippen LogP) is 1.08. The van der Waals surface area contributed by atoms with E-state index in [-0.39, 0.29) is 18.6 Å². The minimum Gasteiger partial charge on any atom is -0.481 e. The molecule has 0 spiro atoms. The van der Waals surface area contributed by atoms with Gasteiger partial charge in [-0.3, -0.25) is 4.79 Å². The Morgan fingerprint density at radius 2 is 2.06 bits per heavy atom. The Kier molecular flexibility index (Phi) is 7.00. The number of carbonyl (C=O) groups is 1. The molecule has 0 aromatic heterocycles. The lowest BCUT2D eigenvalue weighted by Gasteiger charge is -2.16. The maximum atomic E-state index is 11.6. The number of carboxylic acids is 1. The predicted molar refractivity (Wildman–Crippen MR) is 62.7 cm³/mol. The zero-order valence-corrected chi connectivity index (χ0v) is 10.4. The summed E-state index contributed by atoms with van der Waals surface area (Å²) in [4.78, 5) is 10.2. The molecular weight excluding hydrogens is 230 g/mol. The van der Waals surface area contributed by atoms with Crippen molar-refractivity contribution in [3.05, 3.63) is 12.7 Å². The van der Waals surface area contributed by atoms with Crippen molar-refractivity contribution < 1.29 is 18.3 Å². The summed E-state index contributed by atoms with van der Waals surface area (Å²) in [5, 5.41) is 8.40. The van der Waals surface area contributed by atoms with E-state index in [1.165, 1.54) is 11.4 Å². The van der Waals surface area contributed by atoms with Gasteiger partial charge < -0.3 is 5.11 Å². The van der Waals surface area contributed by atoms with E-state index in [0.29, 0.717) is 6.54 Å². The molecule has 0 bridgehead atoms. The molecule has 0 radical (unpaired) electrons. The van der Waals surface area contributed by atoms with Gasteiger partial charge in [0, 0.05) is 20.0 Å². The van der Waals surface area contributed by atoms with E-state index in [9.17, 15) is 13.2 Å². The van der Waals surface area contributed by atoms with Gasteiger partial charge in [-0.1, -0.05) is 6.08 Å². The molecule has 0 aromatic carbocycles. The molecule has 5 nitrogen and oxygen atoms in total. The van der Waals surface area contributed by atoms with Crippen LogP contribution in [0.3, 0.4) is 0 Å². The highest BCUT2D eigenvalue weighted by Gasteiger charge is 2.17. The molecular formula is C10H19NO4S. The van der Waals surface area contributed by atoms with Crippen LogP contribution in [-0.2, 0) is 14.8 Å². The Morgan fingerprint density at radius 3 is 2.56 bits per heavy atom. The van der Waals surface area contributed by atoms with Crippen molar-refractivity contribution >= 4 is 16.0 Å². The molecule has 0 aliphatic heterocycles. The first-order valence-corrected chi connectivity index (χ1v) is 6.77. The van der Waals surface area contributed by atoms with Crippen molar-refractivity contribution in [2.75, 3.05) is 19.3 Å². The summed E-state index contributed by atoms with van der Waals surface area (Å²) in [6, 6.07) is 0. The van der Waals surface area contributed by atoms with E-state index in [1.54, 1.807) is 6.08 Å². The van der Waals surface area contributed by atoms with Crippen LogP contribution in [0.2, 0.25) is 0 Å². The van der Waals surface area contributed by atoms with Gasteiger partial charge in [0.1, 0.15) is 0 Å². The van der Waals surface area contributed by atoms with Gasteiger partial charge in [0.05, 0.1) is 5.75 Å². The highest BCUT2D eigenvalue weighted by atomic mass is 32.2. The van der Waals surface area contributed by atoms with E-state index in [0.717, 1.165) is 12.8 Å². The number of allylic oxidation sites excluding steroid dienone is 1. The number of hydrogen-bond acceptors (Lipinski definition) is 3. The third-order valence-electron chi connectivity index (χ3n) is 2.15. The molecule has 1 N–H and O–H groups in total. The Balaban J connectivity index is 4.00. The van der Waals surface area contributed by atoms with Crippen molar-refractivity contribution in [3.63, 3.8) is 0 Å². The largest absolute Gasteiger partial charge is 0.481 e. The normalized spacial score (nSPS) is 11.6. The third kappa shape index (κ3) is 6.58. The molecule has 0 heterocycles. The minimum absolute atomic E-state index is 0.107. The van der Waals surface area contributed by atoms with Crippen LogP contribution in [0.1, 0.15) is 25.7 Å². The lowest BCUT2D eigenvalue weighted by atomic mass is 10.3. The maximum Gasteiger partial charge on any atom is 0.303 e. The second kappa shape index (κ2) is 7.40. The zero-order chi connectivity index (χ0) is 12.6. The molecule has 0 atom stereocenters. The Morgan fingerprint density at radius 1 is 1.44 bits per heavy atom. The SMILES string of the molecule is C=CCCCN(C)S(=O)(=O)CCCC(=O)O. The van der Waals surface area contributed by atoms with Crippen LogP contribution in [0.5, 0.6) is 0 Å². The van der Waals surface area contributed by atoms with Crippen molar-refractivity contribution in [3.8, 4) is 0 Å². The Labute approximate surface area is 96.8 Å². The molecule has 16 heavy (non-hydrogen) atoms. The molecule has 0 saturated heterocycles. The summed E-state index contributed by atoms with van der Waals surface area (Å²) in [6.45, 7) is 4.00. The summed E-state index contributed by atoms with van der Waals surface area (Å²) in [5.74, 6) is -1.08. The first kappa shape index (κ1) is 15.1. The van der Waals surface area contributed by atoms with Gasteiger partial charge in [0.25, 0.3) is 0 Å². The van der Waals surface area contributed by atoms with E-state index < -0.39 is 16.0 Å². The first-order valence-electron chi connectivity index (χ1n) is 5.17. The number of carboxylic acid groups (broad SMARTS) is 1. The van der Waals surface area contributed by atoms with Crippen molar-refractivity contribution in [2.45, 2.75) is 25.7 Å². The summed E-state index contributed by atoms with van der Waals surface area (Å²) in [5.41, 5.74) is 0. The van der Waals surface area contributed by atoms with Crippen LogP contribution in [0, 0.1) is 0 Å². The van der Waals surface area contributed by atoms with Crippen LogP contribution in [-0.4, -0.2) is 43.1 Å². The summed E-state index contributed by atoms with van der Waals surface area (Å²) >= 11 is 0. The highest BCUT2D eigenvalue weighted by molar-refractivity contribution is 7.89. The van der Waals surface area contributed by atoms with E-state index >= 15 is 0 Å². The van der Waals surface area contributed by atoms with Crippen LogP contribution < -0.4 is 0 Å². The van der Waals surface area contributed by atoms with Gasteiger partial charge in [0.15, 0.2) is 0 Å². The van der Waals surface area contributed by atoms with Crippen LogP contribution >= 0.6 is 0 Å². The van der Waals surface area contributed by atoms with Crippen LogP contribution in [0.4, 0.5) is 0 Å². The number of rotatable bonds is 9. The van der Waals surface area contributed by atoms with Crippen LogP contribution in [0.15, 0.2) is 12.7 Å². The second-order valence-electron chi connectivity index (χ2n) is 3.57. The molecule has 0 aliphatic carbocycles. The second-order valence-corrected chi connectivity index (χ2v) is 5.76. The van der Waals surface area contributed by atoms with E-state index in [2.05, 4.69) is 6.58 Å². The third-order valence-corrected chi connectivity index (χ3v) is 4.09. The van der Waals surface area contributed by atoms with Gasteiger partial charge in [-0.05, 0) is 19.3 Å².